The zero-order valence-corrected chi connectivity index (χ0v) is 13.3. The molecule has 1 amide bonds. The Labute approximate surface area is 137 Å². The van der Waals surface area contributed by atoms with Crippen molar-refractivity contribution in [1.82, 2.24) is 0 Å². The highest BCUT2D eigenvalue weighted by Crippen LogP contribution is 2.11. The van der Waals surface area contributed by atoms with Gasteiger partial charge in [-0.2, -0.15) is 5.26 Å². The molecule has 0 aliphatic rings. The van der Waals surface area contributed by atoms with Gasteiger partial charge in [-0.1, -0.05) is 24.3 Å². The average molecular weight is 327 g/mol. The molecule has 0 bridgehead atoms. The number of carbonyl (C=O) groups is 1. The van der Waals surface area contributed by atoms with Crippen molar-refractivity contribution in [2.45, 2.75) is 17.4 Å². The lowest BCUT2D eigenvalue weighted by atomic mass is 10.2. The minimum absolute atomic E-state index is 0.262. The third-order valence-electron chi connectivity index (χ3n) is 3.22. The minimum Gasteiger partial charge on any atom is -0.325 e. The fraction of sp³-hybridized carbons (Fsp3) is 0.176. The summed E-state index contributed by atoms with van der Waals surface area (Å²) < 4.78 is 12.2. The van der Waals surface area contributed by atoms with E-state index in [4.69, 9.17) is 11.0 Å². The second-order valence-electron chi connectivity index (χ2n) is 4.94. The maximum atomic E-state index is 12.2. The largest absolute Gasteiger partial charge is 0.325 e. The molecule has 0 aromatic heterocycles. The quantitative estimate of drug-likeness (QED) is 0.848. The van der Waals surface area contributed by atoms with E-state index in [-0.39, 0.29) is 11.7 Å². The molecule has 118 valence electrons. The summed E-state index contributed by atoms with van der Waals surface area (Å²) in [5.41, 5.74) is 6.99. The van der Waals surface area contributed by atoms with Crippen LogP contribution in [0.1, 0.15) is 12.0 Å². The van der Waals surface area contributed by atoms with Crippen molar-refractivity contribution < 1.29 is 9.00 Å². The highest BCUT2D eigenvalue weighted by atomic mass is 32.2. The molecule has 2 atom stereocenters. The summed E-state index contributed by atoms with van der Waals surface area (Å²) in [7, 11) is -1.29. The molecule has 2 rings (SSSR count). The van der Waals surface area contributed by atoms with Gasteiger partial charge < -0.3 is 11.1 Å². The highest BCUT2D eigenvalue weighted by Gasteiger charge is 2.15. The molecular weight excluding hydrogens is 310 g/mol. The number of hydrogen-bond acceptors (Lipinski definition) is 4. The van der Waals surface area contributed by atoms with Gasteiger partial charge in [0.25, 0.3) is 0 Å². The van der Waals surface area contributed by atoms with Crippen molar-refractivity contribution in [3.63, 3.8) is 0 Å². The van der Waals surface area contributed by atoms with Crippen molar-refractivity contribution in [2.24, 2.45) is 5.73 Å². The van der Waals surface area contributed by atoms with E-state index in [1.807, 2.05) is 24.3 Å². The lowest BCUT2D eigenvalue weighted by molar-refractivity contribution is -0.117. The number of nitrogens with zero attached hydrogens (tertiary/aromatic N) is 1. The highest BCUT2D eigenvalue weighted by molar-refractivity contribution is 7.85. The molecule has 2 aromatic rings. The predicted molar refractivity (Wildman–Crippen MR) is 90.1 cm³/mol. The minimum atomic E-state index is -1.29. The third-order valence-corrected chi connectivity index (χ3v) is 4.60. The fourth-order valence-electron chi connectivity index (χ4n) is 1.95. The number of nitriles is 1. The first-order chi connectivity index (χ1) is 11.1. The zero-order valence-electron chi connectivity index (χ0n) is 12.4. The van der Waals surface area contributed by atoms with Crippen LogP contribution in [0.3, 0.4) is 0 Å². The van der Waals surface area contributed by atoms with E-state index in [9.17, 15) is 9.00 Å². The van der Waals surface area contributed by atoms with Crippen LogP contribution in [-0.2, 0) is 15.6 Å². The van der Waals surface area contributed by atoms with Crippen LogP contribution in [-0.4, -0.2) is 21.9 Å². The van der Waals surface area contributed by atoms with Crippen molar-refractivity contribution in [3.8, 4) is 6.07 Å². The van der Waals surface area contributed by atoms with E-state index in [1.54, 1.807) is 36.4 Å². The Hall–Kier alpha value is -2.49. The molecular formula is C17H17N3O2S. The molecule has 6 heteroatoms. The topological polar surface area (TPSA) is 96.0 Å². The van der Waals surface area contributed by atoms with Gasteiger partial charge in [0.15, 0.2) is 0 Å². The maximum absolute atomic E-state index is 12.2. The van der Waals surface area contributed by atoms with Crippen LogP contribution < -0.4 is 11.1 Å². The van der Waals surface area contributed by atoms with E-state index in [2.05, 4.69) is 5.32 Å². The van der Waals surface area contributed by atoms with Crippen molar-refractivity contribution in [1.29, 1.82) is 5.26 Å². The van der Waals surface area contributed by atoms with Gasteiger partial charge in [-0.15, -0.1) is 0 Å². The number of nitrogens with one attached hydrogen (secondary N) is 1. The summed E-state index contributed by atoms with van der Waals surface area (Å²) in [6, 6.07) is 16.9. The van der Waals surface area contributed by atoms with Crippen LogP contribution in [0.5, 0.6) is 0 Å². The first-order valence-corrected chi connectivity index (χ1v) is 8.42. The molecule has 0 saturated carbocycles. The van der Waals surface area contributed by atoms with Crippen LogP contribution in [0.25, 0.3) is 0 Å². The Morgan fingerprint density at radius 3 is 2.65 bits per heavy atom. The number of rotatable bonds is 6. The Bertz CT molecular complexity index is 741. The monoisotopic (exact) mass is 327 g/mol. The molecule has 2 unspecified atom stereocenters. The Morgan fingerprint density at radius 2 is 1.96 bits per heavy atom. The molecule has 0 aliphatic heterocycles. The SMILES string of the molecule is N#Cc1cccc(S(=O)CCC(N)C(=O)Nc2ccccc2)c1. The van der Waals surface area contributed by atoms with Crippen LogP contribution in [0.4, 0.5) is 5.69 Å². The van der Waals surface area contributed by atoms with E-state index < -0.39 is 16.8 Å². The molecule has 0 heterocycles. The Kier molecular flexibility index (Phi) is 6.03. The van der Waals surface area contributed by atoms with Crippen molar-refractivity contribution >= 4 is 22.4 Å². The number of anilines is 1. The first kappa shape index (κ1) is 16.9. The summed E-state index contributed by atoms with van der Waals surface area (Å²) in [5.74, 6) is -0.0443. The first-order valence-electron chi connectivity index (χ1n) is 7.10. The number of amides is 1. The maximum Gasteiger partial charge on any atom is 0.241 e. The van der Waals surface area contributed by atoms with E-state index >= 15 is 0 Å². The van der Waals surface area contributed by atoms with Gasteiger partial charge in [-0.05, 0) is 36.8 Å². The van der Waals surface area contributed by atoms with Crippen LogP contribution in [0.15, 0.2) is 59.5 Å². The van der Waals surface area contributed by atoms with Gasteiger partial charge in [0, 0.05) is 16.3 Å². The number of carbonyl (C=O) groups excluding carboxylic acids is 1. The van der Waals surface area contributed by atoms with Crippen LogP contribution >= 0.6 is 0 Å². The fourth-order valence-corrected chi connectivity index (χ4v) is 3.14. The molecule has 3 N–H and O–H groups in total. The molecule has 0 aliphatic carbocycles. The van der Waals surface area contributed by atoms with Gasteiger partial charge >= 0.3 is 0 Å². The molecule has 2 aromatic carbocycles. The summed E-state index contributed by atoms with van der Waals surface area (Å²) >= 11 is 0. The molecule has 5 nitrogen and oxygen atoms in total. The van der Waals surface area contributed by atoms with Gasteiger partial charge in [0.05, 0.1) is 28.5 Å². The average Bonchev–Trinajstić information content (AvgIpc) is 2.60. The van der Waals surface area contributed by atoms with Crippen LogP contribution in [0.2, 0.25) is 0 Å². The lowest BCUT2D eigenvalue weighted by Gasteiger charge is -2.12. The predicted octanol–water partition coefficient (Wildman–Crippen LogP) is 2.02. The lowest BCUT2D eigenvalue weighted by Crippen LogP contribution is -2.36. The second-order valence-corrected chi connectivity index (χ2v) is 6.51. The van der Waals surface area contributed by atoms with Crippen molar-refractivity contribution in [2.75, 3.05) is 11.1 Å². The third kappa shape index (κ3) is 5.02. The van der Waals surface area contributed by atoms with Crippen molar-refractivity contribution in [3.05, 3.63) is 60.2 Å². The molecule has 0 spiro atoms. The van der Waals surface area contributed by atoms with Gasteiger partial charge in [0.1, 0.15) is 0 Å². The molecule has 0 radical (unpaired) electrons. The molecule has 0 fully saturated rings. The summed E-state index contributed by atoms with van der Waals surface area (Å²) in [6.07, 6.45) is 0.294. The van der Waals surface area contributed by atoms with Gasteiger partial charge in [-0.3, -0.25) is 9.00 Å². The van der Waals surface area contributed by atoms with E-state index in [1.165, 1.54) is 0 Å². The Balaban J connectivity index is 1.88. The van der Waals surface area contributed by atoms with E-state index in [0.717, 1.165) is 0 Å². The standard InChI is InChI=1S/C17H17N3O2S/c18-12-13-5-4-8-15(11-13)23(22)10-9-16(19)17(21)20-14-6-2-1-3-7-14/h1-8,11,16H,9-10,19H2,(H,20,21). The number of para-hydroxylation sites is 1. The number of nitrogens with two attached hydrogens (primary N) is 1. The van der Waals surface area contributed by atoms with Gasteiger partial charge in [0.2, 0.25) is 5.91 Å². The Morgan fingerprint density at radius 1 is 1.22 bits per heavy atom. The number of benzene rings is 2. The normalized spacial score (nSPS) is 12.9. The summed E-state index contributed by atoms with van der Waals surface area (Å²) in [6.45, 7) is 0. The zero-order chi connectivity index (χ0) is 16.7. The summed E-state index contributed by atoms with van der Waals surface area (Å²) in [5, 5.41) is 11.6. The van der Waals surface area contributed by atoms with E-state index in [0.29, 0.717) is 22.6 Å². The molecule has 23 heavy (non-hydrogen) atoms. The molecule has 0 saturated heterocycles. The second kappa shape index (κ2) is 8.22. The summed E-state index contributed by atoms with van der Waals surface area (Å²) in [4.78, 5) is 12.6. The number of hydrogen-bond donors (Lipinski definition) is 2. The smallest absolute Gasteiger partial charge is 0.241 e. The van der Waals surface area contributed by atoms with Crippen LogP contribution in [0, 0.1) is 11.3 Å². The van der Waals surface area contributed by atoms with Gasteiger partial charge in [-0.25, -0.2) is 0 Å².